The minimum Gasteiger partial charge on any atom is -0.354 e. The van der Waals surface area contributed by atoms with Crippen molar-refractivity contribution in [1.29, 1.82) is 0 Å². The van der Waals surface area contributed by atoms with Crippen LogP contribution >= 0.6 is 11.6 Å². The molecule has 1 aromatic rings. The van der Waals surface area contributed by atoms with E-state index in [9.17, 15) is 14.4 Å². The van der Waals surface area contributed by atoms with E-state index in [1.807, 2.05) is 4.90 Å². The van der Waals surface area contributed by atoms with Gasteiger partial charge in [0.1, 0.15) is 0 Å². The zero-order valence-corrected chi connectivity index (χ0v) is 14.0. The van der Waals surface area contributed by atoms with Crippen LogP contribution < -0.4 is 10.6 Å². The Balaban J connectivity index is 1.37. The van der Waals surface area contributed by atoms with Gasteiger partial charge in [0.2, 0.25) is 11.8 Å². The molecule has 2 N–H and O–H groups in total. The number of likely N-dealkylation sites (tertiary alicyclic amines) is 1. The molecule has 3 amide bonds. The van der Waals surface area contributed by atoms with E-state index in [-0.39, 0.29) is 23.6 Å². The third kappa shape index (κ3) is 4.06. The lowest BCUT2D eigenvalue weighted by atomic mass is 10.1. The number of hydrogen-bond acceptors (Lipinski definition) is 3. The normalized spacial score (nSPS) is 20.1. The molecule has 0 aromatic heterocycles. The highest BCUT2D eigenvalue weighted by molar-refractivity contribution is 6.30. The van der Waals surface area contributed by atoms with Gasteiger partial charge in [-0.05, 0) is 37.1 Å². The van der Waals surface area contributed by atoms with Crippen molar-refractivity contribution in [2.75, 3.05) is 19.6 Å². The van der Waals surface area contributed by atoms with Crippen molar-refractivity contribution in [3.8, 4) is 0 Å². The number of hydrogen-bond donors (Lipinski definition) is 2. The Kier molecular flexibility index (Phi) is 5.04. The Hall–Kier alpha value is -2.08. The summed E-state index contributed by atoms with van der Waals surface area (Å²) in [7, 11) is 0. The maximum Gasteiger partial charge on any atom is 0.251 e. The highest BCUT2D eigenvalue weighted by atomic mass is 35.5. The summed E-state index contributed by atoms with van der Waals surface area (Å²) in [6.07, 6.45) is 2.40. The second-order valence-corrected chi connectivity index (χ2v) is 6.67. The molecule has 1 aromatic carbocycles. The van der Waals surface area contributed by atoms with Crippen LogP contribution in [0.5, 0.6) is 0 Å². The second kappa shape index (κ2) is 7.21. The van der Waals surface area contributed by atoms with Gasteiger partial charge in [0.05, 0.1) is 5.92 Å². The quantitative estimate of drug-likeness (QED) is 0.757. The monoisotopic (exact) mass is 349 g/mol. The van der Waals surface area contributed by atoms with Gasteiger partial charge in [0, 0.05) is 42.7 Å². The van der Waals surface area contributed by atoms with E-state index in [2.05, 4.69) is 10.6 Å². The molecule has 1 saturated carbocycles. The minimum atomic E-state index is -0.273. The van der Waals surface area contributed by atoms with Gasteiger partial charge in [-0.15, -0.1) is 0 Å². The molecule has 0 spiro atoms. The summed E-state index contributed by atoms with van der Waals surface area (Å²) in [5, 5.41) is 6.10. The van der Waals surface area contributed by atoms with Gasteiger partial charge in [-0.3, -0.25) is 14.4 Å². The van der Waals surface area contributed by atoms with Crippen LogP contribution in [0.25, 0.3) is 0 Å². The van der Waals surface area contributed by atoms with Crippen molar-refractivity contribution in [3.63, 3.8) is 0 Å². The van der Waals surface area contributed by atoms with E-state index in [4.69, 9.17) is 11.6 Å². The summed E-state index contributed by atoms with van der Waals surface area (Å²) >= 11 is 5.78. The maximum atomic E-state index is 12.1. The first kappa shape index (κ1) is 16.8. The number of halogens is 1. The Morgan fingerprint density at radius 3 is 2.46 bits per heavy atom. The van der Waals surface area contributed by atoms with E-state index < -0.39 is 0 Å². The van der Waals surface area contributed by atoms with Crippen LogP contribution in [0.3, 0.4) is 0 Å². The molecule has 0 radical (unpaired) electrons. The van der Waals surface area contributed by atoms with Crippen LogP contribution in [-0.4, -0.2) is 48.3 Å². The molecule has 0 bridgehead atoms. The first-order valence-corrected chi connectivity index (χ1v) is 8.53. The predicted octanol–water partition coefficient (Wildman–Crippen LogP) is 1.20. The van der Waals surface area contributed by atoms with E-state index >= 15 is 0 Å². The highest BCUT2D eigenvalue weighted by Crippen LogP contribution is 2.32. The zero-order chi connectivity index (χ0) is 17.1. The summed E-state index contributed by atoms with van der Waals surface area (Å²) < 4.78 is 0. The van der Waals surface area contributed by atoms with E-state index in [0.717, 1.165) is 12.8 Å². The van der Waals surface area contributed by atoms with Crippen molar-refractivity contribution in [2.45, 2.75) is 25.3 Å². The Morgan fingerprint density at radius 1 is 1.12 bits per heavy atom. The lowest BCUT2D eigenvalue weighted by molar-refractivity contribution is -0.129. The fourth-order valence-electron chi connectivity index (χ4n) is 2.86. The minimum absolute atomic E-state index is 0.0775. The van der Waals surface area contributed by atoms with Crippen molar-refractivity contribution in [1.82, 2.24) is 15.5 Å². The number of benzene rings is 1. The lowest BCUT2D eigenvalue weighted by Gasteiger charge is -2.15. The number of carbonyl (C=O) groups excluding carboxylic acids is 3. The summed E-state index contributed by atoms with van der Waals surface area (Å²) in [4.78, 5) is 37.7. The molecule has 2 fully saturated rings. The molecule has 1 aliphatic carbocycles. The van der Waals surface area contributed by atoms with Gasteiger partial charge in [-0.25, -0.2) is 0 Å². The topological polar surface area (TPSA) is 78.5 Å². The van der Waals surface area contributed by atoms with Gasteiger partial charge < -0.3 is 15.5 Å². The van der Waals surface area contributed by atoms with Gasteiger partial charge >= 0.3 is 0 Å². The molecule has 2 aliphatic rings. The fourth-order valence-corrected chi connectivity index (χ4v) is 2.98. The Bertz CT molecular complexity index is 643. The van der Waals surface area contributed by atoms with Crippen molar-refractivity contribution in [3.05, 3.63) is 34.9 Å². The molecule has 1 atom stereocenters. The molecule has 1 saturated heterocycles. The predicted molar refractivity (Wildman–Crippen MR) is 89.6 cm³/mol. The van der Waals surface area contributed by atoms with E-state index in [1.165, 1.54) is 0 Å². The third-order valence-electron chi connectivity index (χ3n) is 4.33. The highest BCUT2D eigenvalue weighted by Gasteiger charge is 2.41. The molecular formula is C17H20ClN3O3. The van der Waals surface area contributed by atoms with Gasteiger partial charge in [0.15, 0.2) is 0 Å². The van der Waals surface area contributed by atoms with Crippen molar-refractivity contribution in [2.24, 2.45) is 5.92 Å². The molecule has 128 valence electrons. The van der Waals surface area contributed by atoms with Crippen LogP contribution in [0.1, 0.15) is 29.6 Å². The molecule has 6 nitrogen and oxygen atoms in total. The van der Waals surface area contributed by atoms with Gasteiger partial charge in [-0.1, -0.05) is 11.6 Å². The first-order valence-electron chi connectivity index (χ1n) is 8.15. The number of nitrogens with one attached hydrogen (secondary N) is 2. The number of rotatable bonds is 6. The average Bonchev–Trinajstić information content (AvgIpc) is 3.34. The van der Waals surface area contributed by atoms with Crippen LogP contribution in [0.15, 0.2) is 24.3 Å². The molecular weight excluding hydrogens is 330 g/mol. The van der Waals surface area contributed by atoms with Crippen LogP contribution in [0.4, 0.5) is 0 Å². The molecule has 1 unspecified atom stereocenters. The van der Waals surface area contributed by atoms with E-state index in [1.54, 1.807) is 24.3 Å². The van der Waals surface area contributed by atoms with Crippen LogP contribution in [0.2, 0.25) is 5.02 Å². The summed E-state index contributed by atoms with van der Waals surface area (Å²) in [6, 6.07) is 6.95. The molecule has 3 rings (SSSR count). The standard InChI is InChI=1S/C17H20ClN3O3/c18-13-3-1-11(2-4-13)16(23)19-7-8-20-17(24)12-9-15(22)21(10-12)14-5-6-14/h1-4,12,14H,5-10H2,(H,19,23)(H,20,24). The number of nitrogens with zero attached hydrogens (tertiary/aromatic N) is 1. The maximum absolute atomic E-state index is 12.1. The smallest absolute Gasteiger partial charge is 0.251 e. The lowest BCUT2D eigenvalue weighted by Crippen LogP contribution is -2.38. The Labute approximate surface area is 145 Å². The average molecular weight is 350 g/mol. The SMILES string of the molecule is O=C(NCCNC(=O)C1CC(=O)N(C2CC2)C1)c1ccc(Cl)cc1. The number of amides is 3. The van der Waals surface area contributed by atoms with Gasteiger partial charge in [-0.2, -0.15) is 0 Å². The van der Waals surface area contributed by atoms with Crippen molar-refractivity contribution < 1.29 is 14.4 Å². The molecule has 7 heteroatoms. The van der Waals surface area contributed by atoms with Crippen LogP contribution in [-0.2, 0) is 9.59 Å². The largest absolute Gasteiger partial charge is 0.354 e. The first-order chi connectivity index (χ1) is 11.5. The van der Waals surface area contributed by atoms with Crippen molar-refractivity contribution >= 4 is 29.3 Å². The summed E-state index contributed by atoms with van der Waals surface area (Å²) in [5.74, 6) is -0.525. The number of carbonyl (C=O) groups is 3. The zero-order valence-electron chi connectivity index (χ0n) is 13.3. The fraction of sp³-hybridized carbons (Fsp3) is 0.471. The molecule has 1 aliphatic heterocycles. The van der Waals surface area contributed by atoms with Gasteiger partial charge in [0.25, 0.3) is 5.91 Å². The van der Waals surface area contributed by atoms with Crippen LogP contribution in [0, 0.1) is 5.92 Å². The summed E-state index contributed by atoms with van der Waals surface area (Å²) in [6.45, 7) is 1.19. The molecule has 1 heterocycles. The molecule has 24 heavy (non-hydrogen) atoms. The summed E-state index contributed by atoms with van der Waals surface area (Å²) in [5.41, 5.74) is 0.521. The third-order valence-corrected chi connectivity index (χ3v) is 4.59. The Morgan fingerprint density at radius 2 is 1.79 bits per heavy atom. The second-order valence-electron chi connectivity index (χ2n) is 6.23. The van der Waals surface area contributed by atoms with E-state index in [0.29, 0.717) is 42.7 Å².